The Hall–Kier alpha value is -1.44. The van der Waals surface area contributed by atoms with E-state index in [1.807, 2.05) is 6.92 Å². The van der Waals surface area contributed by atoms with Crippen molar-refractivity contribution in [2.45, 2.75) is 31.8 Å². The summed E-state index contributed by atoms with van der Waals surface area (Å²) < 4.78 is 32.1. The average Bonchev–Trinajstić information content (AvgIpc) is 2.46. The van der Waals surface area contributed by atoms with Crippen LogP contribution in [0.4, 0.5) is 0 Å². The largest absolute Gasteiger partial charge is 0.375 e. The van der Waals surface area contributed by atoms with Crippen molar-refractivity contribution >= 4 is 15.9 Å². The molecule has 22 heavy (non-hydrogen) atoms. The van der Waals surface area contributed by atoms with Gasteiger partial charge in [0.1, 0.15) is 0 Å². The molecule has 1 aliphatic heterocycles. The molecule has 1 unspecified atom stereocenters. The number of carbonyl (C=O) groups excluding carboxylic acids is 1. The highest BCUT2D eigenvalue weighted by Gasteiger charge is 2.25. The van der Waals surface area contributed by atoms with E-state index in [0.29, 0.717) is 31.8 Å². The second-order valence-corrected chi connectivity index (χ2v) is 7.18. The van der Waals surface area contributed by atoms with Gasteiger partial charge < -0.3 is 9.64 Å². The van der Waals surface area contributed by atoms with Crippen LogP contribution in [-0.4, -0.2) is 51.6 Å². The van der Waals surface area contributed by atoms with Gasteiger partial charge in [-0.25, -0.2) is 13.1 Å². The van der Waals surface area contributed by atoms with Gasteiger partial charge in [-0.3, -0.25) is 4.79 Å². The zero-order chi connectivity index (χ0) is 16.3. The molecule has 6 nitrogen and oxygen atoms in total. The fourth-order valence-electron chi connectivity index (χ4n) is 2.45. The predicted octanol–water partition coefficient (Wildman–Crippen LogP) is 1.15. The van der Waals surface area contributed by atoms with Crippen molar-refractivity contribution in [1.29, 1.82) is 0 Å². The highest BCUT2D eigenvalue weighted by atomic mass is 32.2. The molecular formula is C15H22N2O4S. The molecular weight excluding hydrogens is 304 g/mol. The van der Waals surface area contributed by atoms with Crippen LogP contribution < -0.4 is 4.72 Å². The summed E-state index contributed by atoms with van der Waals surface area (Å²) in [5, 5.41) is 0. The van der Waals surface area contributed by atoms with E-state index in [1.54, 1.807) is 24.8 Å². The van der Waals surface area contributed by atoms with Crippen molar-refractivity contribution in [3.63, 3.8) is 0 Å². The quantitative estimate of drug-likeness (QED) is 0.901. The van der Waals surface area contributed by atoms with Gasteiger partial charge in [-0.05, 0) is 31.5 Å². The molecule has 0 aromatic heterocycles. The Balaban J connectivity index is 2.32. The summed E-state index contributed by atoms with van der Waals surface area (Å²) in [7, 11) is -3.57. The summed E-state index contributed by atoms with van der Waals surface area (Å²) in [4.78, 5) is 14.5. The van der Waals surface area contributed by atoms with Crippen LogP contribution in [0.1, 0.15) is 29.8 Å². The molecule has 1 aromatic carbocycles. The van der Waals surface area contributed by atoms with Crippen molar-refractivity contribution < 1.29 is 17.9 Å². The third-order valence-electron chi connectivity index (χ3n) is 3.61. The first-order chi connectivity index (χ1) is 10.3. The minimum atomic E-state index is -3.57. The second-order valence-electron chi connectivity index (χ2n) is 5.41. The number of rotatable bonds is 4. The lowest BCUT2D eigenvalue weighted by atomic mass is 10.1. The number of nitrogens with zero attached hydrogens (tertiary/aromatic N) is 1. The molecule has 1 fully saturated rings. The summed E-state index contributed by atoms with van der Waals surface area (Å²) in [6, 6.07) is 4.64. The first-order valence-electron chi connectivity index (χ1n) is 7.36. The predicted molar refractivity (Wildman–Crippen MR) is 83.4 cm³/mol. The van der Waals surface area contributed by atoms with E-state index in [4.69, 9.17) is 4.74 Å². The third-order valence-corrected chi connectivity index (χ3v) is 5.16. The highest BCUT2D eigenvalue weighted by Crippen LogP contribution is 2.19. The Morgan fingerprint density at radius 1 is 1.45 bits per heavy atom. The molecule has 122 valence electrons. The van der Waals surface area contributed by atoms with Gasteiger partial charge in [-0.1, -0.05) is 13.0 Å². The zero-order valence-corrected chi connectivity index (χ0v) is 13.9. The van der Waals surface area contributed by atoms with Gasteiger partial charge in [0, 0.05) is 25.2 Å². The Labute approximate surface area is 131 Å². The lowest BCUT2D eigenvalue weighted by Gasteiger charge is -2.31. The van der Waals surface area contributed by atoms with Crippen LogP contribution >= 0.6 is 0 Å². The fraction of sp³-hybridized carbons (Fsp3) is 0.533. The summed E-state index contributed by atoms with van der Waals surface area (Å²) in [6.45, 7) is 7.28. The normalized spacial score (nSPS) is 19.2. The van der Waals surface area contributed by atoms with Gasteiger partial charge in [-0.2, -0.15) is 0 Å². The van der Waals surface area contributed by atoms with Crippen molar-refractivity contribution in [1.82, 2.24) is 9.62 Å². The van der Waals surface area contributed by atoms with Crippen LogP contribution in [-0.2, 0) is 14.8 Å². The molecule has 0 spiro atoms. The fourth-order valence-corrected chi connectivity index (χ4v) is 3.51. The number of nitrogens with one attached hydrogen (secondary N) is 1. The van der Waals surface area contributed by atoms with E-state index in [-0.39, 0.29) is 16.9 Å². The van der Waals surface area contributed by atoms with Gasteiger partial charge in [0.15, 0.2) is 0 Å². The van der Waals surface area contributed by atoms with E-state index in [2.05, 4.69) is 4.72 Å². The average molecular weight is 326 g/mol. The number of ether oxygens (including phenoxy) is 1. The maximum Gasteiger partial charge on any atom is 0.254 e. The van der Waals surface area contributed by atoms with E-state index in [0.717, 1.165) is 5.56 Å². The third kappa shape index (κ3) is 3.66. The maximum atomic E-state index is 12.7. The Bertz CT molecular complexity index is 658. The lowest BCUT2D eigenvalue weighted by molar-refractivity contribution is -0.0124. The van der Waals surface area contributed by atoms with Crippen LogP contribution in [0.15, 0.2) is 23.1 Å². The molecule has 1 saturated heterocycles. The topological polar surface area (TPSA) is 75.7 Å². The number of aryl methyl sites for hydroxylation is 1. The van der Waals surface area contributed by atoms with Crippen LogP contribution in [0.5, 0.6) is 0 Å². The molecule has 0 aliphatic carbocycles. The Morgan fingerprint density at radius 2 is 2.18 bits per heavy atom. The van der Waals surface area contributed by atoms with Gasteiger partial charge in [-0.15, -0.1) is 0 Å². The van der Waals surface area contributed by atoms with Crippen molar-refractivity contribution in [2.75, 3.05) is 26.2 Å². The lowest BCUT2D eigenvalue weighted by Crippen LogP contribution is -2.44. The molecule has 1 heterocycles. The van der Waals surface area contributed by atoms with E-state index in [1.165, 1.54) is 12.1 Å². The molecule has 7 heteroatoms. The molecule has 1 aromatic rings. The number of benzene rings is 1. The molecule has 0 saturated carbocycles. The van der Waals surface area contributed by atoms with Crippen molar-refractivity contribution in [3.8, 4) is 0 Å². The number of amides is 1. The van der Waals surface area contributed by atoms with E-state index >= 15 is 0 Å². The van der Waals surface area contributed by atoms with Gasteiger partial charge in [0.25, 0.3) is 5.91 Å². The molecule has 1 N–H and O–H groups in total. The maximum absolute atomic E-state index is 12.7. The second kappa shape index (κ2) is 6.76. The van der Waals surface area contributed by atoms with Gasteiger partial charge in [0.05, 0.1) is 17.6 Å². The Morgan fingerprint density at radius 3 is 2.82 bits per heavy atom. The SMILES string of the molecule is CCNS(=O)(=O)c1ccc(C)c(C(=O)N2CCOC(C)C2)c1. The molecule has 1 amide bonds. The standard InChI is InChI=1S/C15H22N2O4S/c1-4-16-22(19,20)13-6-5-11(2)14(9-13)15(18)17-7-8-21-12(3)10-17/h5-6,9,12,16H,4,7-8,10H2,1-3H3. The van der Waals surface area contributed by atoms with Gasteiger partial charge >= 0.3 is 0 Å². The summed E-state index contributed by atoms with van der Waals surface area (Å²) in [6.07, 6.45) is -0.00770. The number of morpholine rings is 1. The molecule has 1 atom stereocenters. The minimum Gasteiger partial charge on any atom is -0.375 e. The number of carbonyl (C=O) groups is 1. The molecule has 0 radical (unpaired) electrons. The molecule has 2 rings (SSSR count). The molecule has 0 bridgehead atoms. The highest BCUT2D eigenvalue weighted by molar-refractivity contribution is 7.89. The number of hydrogen-bond acceptors (Lipinski definition) is 4. The number of sulfonamides is 1. The number of hydrogen-bond donors (Lipinski definition) is 1. The van der Waals surface area contributed by atoms with E-state index in [9.17, 15) is 13.2 Å². The van der Waals surface area contributed by atoms with E-state index < -0.39 is 10.0 Å². The van der Waals surface area contributed by atoms with Crippen molar-refractivity contribution in [3.05, 3.63) is 29.3 Å². The van der Waals surface area contributed by atoms with Gasteiger partial charge in [0.2, 0.25) is 10.0 Å². The first-order valence-corrected chi connectivity index (χ1v) is 8.84. The van der Waals surface area contributed by atoms with Crippen LogP contribution in [0.25, 0.3) is 0 Å². The first kappa shape index (κ1) is 16.9. The summed E-state index contributed by atoms with van der Waals surface area (Å²) >= 11 is 0. The van der Waals surface area contributed by atoms with Crippen LogP contribution in [0, 0.1) is 6.92 Å². The van der Waals surface area contributed by atoms with Crippen LogP contribution in [0.3, 0.4) is 0 Å². The van der Waals surface area contributed by atoms with Crippen molar-refractivity contribution in [2.24, 2.45) is 0 Å². The smallest absolute Gasteiger partial charge is 0.254 e. The zero-order valence-electron chi connectivity index (χ0n) is 13.1. The summed E-state index contributed by atoms with van der Waals surface area (Å²) in [5.41, 5.74) is 1.19. The minimum absolute atomic E-state index is 0.00770. The summed E-state index contributed by atoms with van der Waals surface area (Å²) in [5.74, 6) is -0.152. The molecule has 1 aliphatic rings. The monoisotopic (exact) mass is 326 g/mol. The van der Waals surface area contributed by atoms with Crippen LogP contribution in [0.2, 0.25) is 0 Å². The Kier molecular flexibility index (Phi) is 5.20.